The summed E-state index contributed by atoms with van der Waals surface area (Å²) in [6, 6.07) is 7.68. The second-order valence-corrected chi connectivity index (χ2v) is 5.69. The molecule has 5 heteroatoms. The summed E-state index contributed by atoms with van der Waals surface area (Å²) in [6.45, 7) is 1.35. The first kappa shape index (κ1) is 14.5. The molecule has 104 valence electrons. The molecule has 0 aromatic heterocycles. The lowest BCUT2D eigenvalue weighted by molar-refractivity contribution is -0.118. The summed E-state index contributed by atoms with van der Waals surface area (Å²) in [5.74, 6) is -0.0350. The summed E-state index contributed by atoms with van der Waals surface area (Å²) < 4.78 is 0.876. The monoisotopic (exact) mass is 326 g/mol. The summed E-state index contributed by atoms with van der Waals surface area (Å²) in [5.41, 5.74) is 0.782. The summed E-state index contributed by atoms with van der Waals surface area (Å²) in [7, 11) is 0. The van der Waals surface area contributed by atoms with E-state index in [1.165, 1.54) is 0 Å². The third-order valence-corrected chi connectivity index (χ3v) is 4.15. The van der Waals surface area contributed by atoms with Crippen molar-refractivity contribution < 1.29 is 9.90 Å². The normalized spacial score (nSPS) is 20.2. The number of para-hydroxylation sites is 1. The minimum Gasteiger partial charge on any atom is -0.395 e. The number of anilines is 1. The first-order chi connectivity index (χ1) is 9.20. The number of carbonyl (C=O) groups excluding carboxylic acids is 1. The van der Waals surface area contributed by atoms with E-state index in [-0.39, 0.29) is 18.6 Å². The summed E-state index contributed by atoms with van der Waals surface area (Å²) in [6.07, 6.45) is 3.20. The lowest BCUT2D eigenvalue weighted by Crippen LogP contribution is -2.45. The minimum atomic E-state index is -0.0350. The second-order valence-electron chi connectivity index (χ2n) is 4.83. The highest BCUT2D eigenvalue weighted by Gasteiger charge is 2.23. The average Bonchev–Trinajstić information content (AvgIpc) is 2.42. The van der Waals surface area contributed by atoms with Gasteiger partial charge in [-0.25, -0.2) is 0 Å². The van der Waals surface area contributed by atoms with Crippen LogP contribution in [0.4, 0.5) is 5.69 Å². The van der Waals surface area contributed by atoms with E-state index in [2.05, 4.69) is 26.1 Å². The molecule has 1 fully saturated rings. The SMILES string of the molecule is O=C(CN1CCCCC1CO)Nc1ccccc1Br. The van der Waals surface area contributed by atoms with E-state index < -0.39 is 0 Å². The van der Waals surface area contributed by atoms with Crippen LogP contribution >= 0.6 is 15.9 Å². The number of piperidine rings is 1. The van der Waals surface area contributed by atoms with E-state index >= 15 is 0 Å². The first-order valence-electron chi connectivity index (χ1n) is 6.60. The Morgan fingerprint density at radius 1 is 1.42 bits per heavy atom. The van der Waals surface area contributed by atoms with Gasteiger partial charge in [-0.1, -0.05) is 18.6 Å². The molecule has 2 N–H and O–H groups in total. The molecular weight excluding hydrogens is 308 g/mol. The van der Waals surface area contributed by atoms with Crippen LogP contribution in [0.3, 0.4) is 0 Å². The van der Waals surface area contributed by atoms with Gasteiger partial charge in [0, 0.05) is 10.5 Å². The standard InChI is InChI=1S/C14H19BrN2O2/c15-12-6-1-2-7-13(12)16-14(19)9-17-8-4-3-5-11(17)10-18/h1-2,6-7,11,18H,3-5,8-10H2,(H,16,19). The van der Waals surface area contributed by atoms with Gasteiger partial charge in [0.2, 0.25) is 5.91 Å². The Morgan fingerprint density at radius 3 is 2.95 bits per heavy atom. The fraction of sp³-hybridized carbons (Fsp3) is 0.500. The largest absolute Gasteiger partial charge is 0.395 e. The fourth-order valence-corrected chi connectivity index (χ4v) is 2.80. The fourth-order valence-electron chi connectivity index (χ4n) is 2.41. The van der Waals surface area contributed by atoms with Gasteiger partial charge in [0.05, 0.1) is 18.8 Å². The van der Waals surface area contributed by atoms with E-state index in [4.69, 9.17) is 0 Å². The number of benzene rings is 1. The van der Waals surface area contributed by atoms with Crippen LogP contribution in [0.5, 0.6) is 0 Å². The van der Waals surface area contributed by atoms with Crippen LogP contribution in [0.25, 0.3) is 0 Å². The van der Waals surface area contributed by atoms with E-state index in [1.54, 1.807) is 0 Å². The maximum absolute atomic E-state index is 12.0. The van der Waals surface area contributed by atoms with Crippen molar-refractivity contribution in [2.75, 3.05) is 25.0 Å². The van der Waals surface area contributed by atoms with Gasteiger partial charge in [-0.15, -0.1) is 0 Å². The zero-order valence-corrected chi connectivity index (χ0v) is 12.4. The van der Waals surface area contributed by atoms with Crippen LogP contribution in [0, 0.1) is 0 Å². The molecule has 0 radical (unpaired) electrons. The number of rotatable bonds is 4. The Bertz CT molecular complexity index is 439. The Morgan fingerprint density at radius 2 is 2.21 bits per heavy atom. The van der Waals surface area contributed by atoms with Crippen molar-refractivity contribution >= 4 is 27.5 Å². The molecule has 1 atom stereocenters. The molecule has 0 bridgehead atoms. The quantitative estimate of drug-likeness (QED) is 0.892. The van der Waals surface area contributed by atoms with Gasteiger partial charge < -0.3 is 10.4 Å². The van der Waals surface area contributed by atoms with Crippen LogP contribution in [0.1, 0.15) is 19.3 Å². The number of aliphatic hydroxyl groups excluding tert-OH is 1. The van der Waals surface area contributed by atoms with Gasteiger partial charge in [0.15, 0.2) is 0 Å². The predicted molar refractivity (Wildman–Crippen MR) is 79.1 cm³/mol. The molecule has 1 amide bonds. The van der Waals surface area contributed by atoms with Crippen molar-refractivity contribution in [3.05, 3.63) is 28.7 Å². The van der Waals surface area contributed by atoms with Gasteiger partial charge >= 0.3 is 0 Å². The number of hydrogen-bond acceptors (Lipinski definition) is 3. The van der Waals surface area contributed by atoms with Crippen molar-refractivity contribution in [2.24, 2.45) is 0 Å². The van der Waals surface area contributed by atoms with Crippen LogP contribution in [-0.2, 0) is 4.79 Å². The molecule has 1 heterocycles. The van der Waals surface area contributed by atoms with Crippen molar-refractivity contribution in [3.63, 3.8) is 0 Å². The van der Waals surface area contributed by atoms with Crippen molar-refractivity contribution in [2.45, 2.75) is 25.3 Å². The highest BCUT2D eigenvalue weighted by Crippen LogP contribution is 2.21. The summed E-state index contributed by atoms with van der Waals surface area (Å²) in [4.78, 5) is 14.1. The molecule has 1 aliphatic rings. The molecule has 2 rings (SSSR count). The molecule has 0 aliphatic carbocycles. The molecule has 19 heavy (non-hydrogen) atoms. The Labute approximate surface area is 121 Å². The summed E-state index contributed by atoms with van der Waals surface area (Å²) in [5, 5.41) is 12.2. The minimum absolute atomic E-state index is 0.0350. The molecule has 1 unspecified atom stereocenters. The molecule has 4 nitrogen and oxygen atoms in total. The van der Waals surface area contributed by atoms with E-state index in [0.717, 1.165) is 36.0 Å². The topological polar surface area (TPSA) is 52.6 Å². The Hall–Kier alpha value is -0.910. The van der Waals surface area contributed by atoms with E-state index in [0.29, 0.717) is 6.54 Å². The molecule has 0 saturated carbocycles. The van der Waals surface area contributed by atoms with Crippen molar-refractivity contribution in [1.82, 2.24) is 4.90 Å². The van der Waals surface area contributed by atoms with Crippen LogP contribution < -0.4 is 5.32 Å². The number of halogens is 1. The molecule has 1 saturated heterocycles. The van der Waals surface area contributed by atoms with Gasteiger partial charge in [0.1, 0.15) is 0 Å². The van der Waals surface area contributed by atoms with Crippen molar-refractivity contribution in [1.29, 1.82) is 0 Å². The molecule has 1 aromatic carbocycles. The predicted octanol–water partition coefficient (Wildman–Crippen LogP) is 2.23. The van der Waals surface area contributed by atoms with E-state index in [1.807, 2.05) is 24.3 Å². The number of nitrogens with one attached hydrogen (secondary N) is 1. The van der Waals surface area contributed by atoms with Gasteiger partial charge in [-0.05, 0) is 47.4 Å². The number of carbonyl (C=O) groups is 1. The Kier molecular flexibility index (Phi) is 5.36. The first-order valence-corrected chi connectivity index (χ1v) is 7.39. The average molecular weight is 327 g/mol. The number of aliphatic hydroxyl groups is 1. The molecule has 0 spiro atoms. The van der Waals surface area contributed by atoms with Crippen LogP contribution in [-0.4, -0.2) is 41.7 Å². The maximum Gasteiger partial charge on any atom is 0.238 e. The number of nitrogens with zero attached hydrogens (tertiary/aromatic N) is 1. The summed E-state index contributed by atoms with van der Waals surface area (Å²) >= 11 is 3.41. The number of hydrogen-bond donors (Lipinski definition) is 2. The zero-order chi connectivity index (χ0) is 13.7. The third-order valence-electron chi connectivity index (χ3n) is 3.45. The third kappa shape index (κ3) is 4.03. The highest BCUT2D eigenvalue weighted by molar-refractivity contribution is 9.10. The Balaban J connectivity index is 1.92. The van der Waals surface area contributed by atoms with Gasteiger partial charge in [0.25, 0.3) is 0 Å². The van der Waals surface area contributed by atoms with E-state index in [9.17, 15) is 9.90 Å². The second kappa shape index (κ2) is 7.03. The van der Waals surface area contributed by atoms with Crippen LogP contribution in [0.2, 0.25) is 0 Å². The lowest BCUT2D eigenvalue weighted by atomic mass is 10.0. The highest BCUT2D eigenvalue weighted by atomic mass is 79.9. The molecule has 1 aliphatic heterocycles. The molecule has 1 aromatic rings. The smallest absolute Gasteiger partial charge is 0.238 e. The number of amides is 1. The van der Waals surface area contributed by atoms with Gasteiger partial charge in [-0.3, -0.25) is 9.69 Å². The van der Waals surface area contributed by atoms with Crippen molar-refractivity contribution in [3.8, 4) is 0 Å². The maximum atomic E-state index is 12.0. The lowest BCUT2D eigenvalue weighted by Gasteiger charge is -2.33. The zero-order valence-electron chi connectivity index (χ0n) is 10.8. The van der Waals surface area contributed by atoms with Gasteiger partial charge in [-0.2, -0.15) is 0 Å². The number of likely N-dealkylation sites (tertiary alicyclic amines) is 1. The molecular formula is C14H19BrN2O2. The van der Waals surface area contributed by atoms with Crippen LogP contribution in [0.15, 0.2) is 28.7 Å².